The molecule has 3 aromatic carbocycles. The highest BCUT2D eigenvalue weighted by atomic mass is 32.1. The average Bonchev–Trinajstić information content (AvgIpc) is 3.60. The van der Waals surface area contributed by atoms with Crippen LogP contribution in [0.4, 0.5) is 8.78 Å². The number of nitrogens with zero attached hydrogens (tertiary/aromatic N) is 3. The highest BCUT2D eigenvalue weighted by Crippen LogP contribution is 2.45. The third-order valence-corrected chi connectivity index (χ3v) is 9.43. The molecule has 226 valence electrons. The Kier molecular flexibility index (Phi) is 7.39. The van der Waals surface area contributed by atoms with Crippen LogP contribution in [0.25, 0.3) is 54.8 Å². The highest BCUT2D eigenvalue weighted by Gasteiger charge is 2.28. The lowest BCUT2D eigenvalue weighted by atomic mass is 9.99. The number of hydrogen-bond acceptors (Lipinski definition) is 5. The van der Waals surface area contributed by atoms with Gasteiger partial charge in [0.25, 0.3) is 0 Å². The summed E-state index contributed by atoms with van der Waals surface area (Å²) in [4.78, 5) is 32.2. The molecule has 0 aliphatic carbocycles. The molecular weight excluding hydrogens is 596 g/mol. The Hall–Kier alpha value is -4.93. The number of thiophene rings is 1. The zero-order valence-corrected chi connectivity index (χ0v) is 24.7. The van der Waals surface area contributed by atoms with Gasteiger partial charge in [-0.1, -0.05) is 48.5 Å². The van der Waals surface area contributed by atoms with Gasteiger partial charge in [0, 0.05) is 24.0 Å². The SMILES string of the molecule is O=C(O)c1cc2c(s1)c(-c1ccccc1)c(-c1ccc3nc(-c4c(F)cccc4F)ccc3c1)n2CC(=O)N1CCC(O)CC1. The minimum atomic E-state index is -1.04. The smallest absolute Gasteiger partial charge is 0.345 e. The monoisotopic (exact) mass is 623 g/mol. The first kappa shape index (κ1) is 28.8. The van der Waals surface area contributed by atoms with Crippen LogP contribution in [0, 0.1) is 11.6 Å². The van der Waals surface area contributed by atoms with Crippen LogP contribution in [0.1, 0.15) is 22.5 Å². The van der Waals surface area contributed by atoms with Gasteiger partial charge < -0.3 is 19.7 Å². The number of carbonyl (C=O) groups is 2. The van der Waals surface area contributed by atoms with Crippen molar-refractivity contribution in [3.05, 3.63) is 101 Å². The molecule has 1 amide bonds. The minimum Gasteiger partial charge on any atom is -0.477 e. The van der Waals surface area contributed by atoms with Crippen LogP contribution >= 0.6 is 11.3 Å². The molecule has 2 N–H and O–H groups in total. The fourth-order valence-corrected chi connectivity index (χ4v) is 7.14. The predicted octanol–water partition coefficient (Wildman–Crippen LogP) is 7.21. The Labute approximate surface area is 260 Å². The molecule has 0 spiro atoms. The van der Waals surface area contributed by atoms with Gasteiger partial charge in [-0.3, -0.25) is 4.79 Å². The maximum atomic E-state index is 14.5. The lowest BCUT2D eigenvalue weighted by Crippen LogP contribution is -2.41. The van der Waals surface area contributed by atoms with Gasteiger partial charge in [-0.25, -0.2) is 18.6 Å². The fraction of sp³-hybridized carbons (Fsp3) is 0.171. The summed E-state index contributed by atoms with van der Waals surface area (Å²) < 4.78 is 31.7. The topological polar surface area (TPSA) is 95.7 Å². The van der Waals surface area contributed by atoms with Gasteiger partial charge in [-0.2, -0.15) is 0 Å². The van der Waals surface area contributed by atoms with Crippen LogP contribution in [-0.2, 0) is 11.3 Å². The highest BCUT2D eigenvalue weighted by molar-refractivity contribution is 7.21. The number of amides is 1. The minimum absolute atomic E-state index is 0.0215. The van der Waals surface area contributed by atoms with Crippen LogP contribution in [0.5, 0.6) is 0 Å². The van der Waals surface area contributed by atoms with Gasteiger partial charge in [-0.05, 0) is 60.4 Å². The maximum Gasteiger partial charge on any atom is 0.345 e. The van der Waals surface area contributed by atoms with E-state index < -0.39 is 23.7 Å². The number of halogens is 2. The number of aromatic nitrogens is 2. The van der Waals surface area contributed by atoms with Crippen molar-refractivity contribution in [2.45, 2.75) is 25.5 Å². The number of fused-ring (bicyclic) bond motifs is 2. The second-order valence-corrected chi connectivity index (χ2v) is 12.2. The number of pyridine rings is 1. The first-order valence-electron chi connectivity index (χ1n) is 14.5. The molecule has 4 heterocycles. The van der Waals surface area contributed by atoms with Crippen LogP contribution in [0.15, 0.2) is 84.9 Å². The van der Waals surface area contributed by atoms with Crippen molar-refractivity contribution in [2.75, 3.05) is 13.1 Å². The second kappa shape index (κ2) is 11.5. The lowest BCUT2D eigenvalue weighted by molar-refractivity contribution is -0.133. The Balaban J connectivity index is 1.41. The Bertz CT molecular complexity index is 2080. The third kappa shape index (κ3) is 5.26. The molecular formula is C35H27F2N3O4S. The van der Waals surface area contributed by atoms with Crippen LogP contribution in [0.3, 0.4) is 0 Å². The molecule has 3 aromatic heterocycles. The zero-order valence-electron chi connectivity index (χ0n) is 23.9. The average molecular weight is 624 g/mol. The number of hydrogen-bond donors (Lipinski definition) is 2. The lowest BCUT2D eigenvalue weighted by Gasteiger charge is -2.30. The third-order valence-electron chi connectivity index (χ3n) is 8.30. The van der Waals surface area contributed by atoms with E-state index in [0.29, 0.717) is 37.0 Å². The molecule has 1 fully saturated rings. The Morgan fingerprint density at radius 3 is 2.31 bits per heavy atom. The Morgan fingerprint density at radius 1 is 0.867 bits per heavy atom. The number of likely N-dealkylation sites (tertiary alicyclic amines) is 1. The summed E-state index contributed by atoms with van der Waals surface area (Å²) in [7, 11) is 0. The number of benzene rings is 3. The van der Waals surface area contributed by atoms with Crippen LogP contribution < -0.4 is 0 Å². The van der Waals surface area contributed by atoms with Gasteiger partial charge in [0.2, 0.25) is 5.91 Å². The molecule has 0 unspecified atom stereocenters. The number of aromatic carboxylic acids is 1. The standard InChI is InChI=1S/C35H27F2N3O4S/c36-24-7-4-8-25(37)32(24)27-12-9-21-17-22(10-11-26(21)38-27)33-31(20-5-2-1-3-6-20)34-28(18-29(45-34)35(43)44)40(33)19-30(42)39-15-13-23(41)14-16-39/h1-12,17-18,23,41H,13-16,19H2,(H,43,44). The number of carbonyl (C=O) groups excluding carboxylic acids is 1. The largest absolute Gasteiger partial charge is 0.477 e. The summed E-state index contributed by atoms with van der Waals surface area (Å²) in [5.41, 5.74) is 4.36. The van der Waals surface area contributed by atoms with E-state index in [4.69, 9.17) is 0 Å². The number of carboxylic acids is 1. The second-order valence-electron chi connectivity index (χ2n) is 11.1. The van der Waals surface area contributed by atoms with Gasteiger partial charge in [0.1, 0.15) is 23.1 Å². The molecule has 10 heteroatoms. The summed E-state index contributed by atoms with van der Waals surface area (Å²) in [5, 5.41) is 20.6. The van der Waals surface area contributed by atoms with Crippen molar-refractivity contribution in [2.24, 2.45) is 0 Å². The molecule has 0 atom stereocenters. The summed E-state index contributed by atoms with van der Waals surface area (Å²) in [5.74, 6) is -2.56. The van der Waals surface area contributed by atoms with E-state index in [-0.39, 0.29) is 28.6 Å². The molecule has 0 radical (unpaired) electrons. The normalized spacial score (nSPS) is 14.0. The number of carboxylic acid groups (broad SMARTS) is 1. The maximum absolute atomic E-state index is 14.5. The molecule has 45 heavy (non-hydrogen) atoms. The van der Waals surface area contributed by atoms with E-state index in [0.717, 1.165) is 43.8 Å². The number of rotatable bonds is 6. The van der Waals surface area contributed by atoms with Crippen molar-refractivity contribution >= 4 is 44.3 Å². The molecule has 7 rings (SSSR count). The number of piperidine rings is 1. The van der Waals surface area contributed by atoms with E-state index in [1.165, 1.54) is 18.2 Å². The fourth-order valence-electron chi connectivity index (χ4n) is 6.07. The van der Waals surface area contributed by atoms with Crippen LogP contribution in [0.2, 0.25) is 0 Å². The van der Waals surface area contributed by atoms with E-state index in [9.17, 15) is 28.6 Å². The molecule has 0 saturated carbocycles. The van der Waals surface area contributed by atoms with E-state index in [1.807, 2.05) is 47.0 Å². The molecule has 0 bridgehead atoms. The zero-order chi connectivity index (χ0) is 31.2. The Morgan fingerprint density at radius 2 is 1.60 bits per heavy atom. The molecule has 7 nitrogen and oxygen atoms in total. The van der Waals surface area contributed by atoms with Crippen LogP contribution in [-0.4, -0.2) is 55.7 Å². The first-order valence-corrected chi connectivity index (χ1v) is 15.4. The molecule has 6 aromatic rings. The van der Waals surface area contributed by atoms with Crippen molar-refractivity contribution in [3.63, 3.8) is 0 Å². The van der Waals surface area contributed by atoms with E-state index in [1.54, 1.807) is 29.2 Å². The van der Waals surface area contributed by atoms with E-state index in [2.05, 4.69) is 4.98 Å². The van der Waals surface area contributed by atoms with Crippen molar-refractivity contribution in [1.82, 2.24) is 14.5 Å². The quantitative estimate of drug-likeness (QED) is 0.204. The van der Waals surface area contributed by atoms with Gasteiger partial charge in [-0.15, -0.1) is 11.3 Å². The summed E-state index contributed by atoms with van der Waals surface area (Å²) in [6, 6.07) is 23.8. The van der Waals surface area contributed by atoms with Gasteiger partial charge >= 0.3 is 5.97 Å². The molecule has 1 saturated heterocycles. The van der Waals surface area contributed by atoms with Gasteiger partial charge in [0.15, 0.2) is 0 Å². The van der Waals surface area contributed by atoms with E-state index >= 15 is 0 Å². The summed E-state index contributed by atoms with van der Waals surface area (Å²) in [6.45, 7) is 0.871. The molecule has 1 aliphatic rings. The first-order chi connectivity index (χ1) is 21.8. The molecule has 1 aliphatic heterocycles. The predicted molar refractivity (Wildman–Crippen MR) is 170 cm³/mol. The summed E-state index contributed by atoms with van der Waals surface area (Å²) >= 11 is 1.16. The van der Waals surface area contributed by atoms with Gasteiger partial charge in [0.05, 0.1) is 38.8 Å². The van der Waals surface area contributed by atoms with Crippen molar-refractivity contribution < 1.29 is 28.6 Å². The van der Waals surface area contributed by atoms with Crippen molar-refractivity contribution in [3.8, 4) is 33.6 Å². The summed E-state index contributed by atoms with van der Waals surface area (Å²) in [6.07, 6.45) is 0.587. The number of aliphatic hydroxyl groups is 1. The van der Waals surface area contributed by atoms with Crippen molar-refractivity contribution in [1.29, 1.82) is 0 Å². The number of aliphatic hydroxyl groups excluding tert-OH is 1.